The molecule has 0 spiro atoms. The number of aromatic nitrogens is 2. The number of anilines is 6. The molecule has 0 unspecified atom stereocenters. The summed E-state index contributed by atoms with van der Waals surface area (Å²) in [6.07, 6.45) is 0. The predicted octanol–water partition coefficient (Wildman–Crippen LogP) is 15.2. The van der Waals surface area contributed by atoms with Gasteiger partial charge in [-0.15, -0.1) is 9.97 Å². The molecule has 0 aliphatic carbocycles. The minimum absolute atomic E-state index is 0.0354. The van der Waals surface area contributed by atoms with Gasteiger partial charge in [-0.3, -0.25) is 0 Å². The molecule has 330 valence electrons. The van der Waals surface area contributed by atoms with Crippen molar-refractivity contribution in [3.05, 3.63) is 217 Å². The zero-order valence-electron chi connectivity index (χ0n) is 37.8. The second-order valence-corrected chi connectivity index (χ2v) is 15.5. The number of ether oxygens (including phenoxy) is 4. The van der Waals surface area contributed by atoms with Crippen LogP contribution in [0.25, 0.3) is 54.5 Å². The zero-order valence-corrected chi connectivity index (χ0v) is 37.8. The summed E-state index contributed by atoms with van der Waals surface area (Å²) < 4.78 is 21.7. The fourth-order valence-corrected chi connectivity index (χ4v) is 8.04. The Morgan fingerprint density at radius 3 is 0.691 bits per heavy atom. The fourth-order valence-electron chi connectivity index (χ4n) is 8.04. The smallest absolute Gasteiger partial charge is 0.294 e. The van der Waals surface area contributed by atoms with Gasteiger partial charge in [0, 0.05) is 45.3 Å². The van der Waals surface area contributed by atoms with E-state index < -0.39 is 0 Å². The van der Waals surface area contributed by atoms with Gasteiger partial charge >= 0.3 is 0 Å². The molecule has 0 amide bonds. The molecular formula is C58H44N6O4. The molecule has 0 bridgehead atoms. The van der Waals surface area contributed by atoms with Crippen LogP contribution in [0.3, 0.4) is 0 Å². The third-order valence-corrected chi connectivity index (χ3v) is 11.6. The first-order valence-electron chi connectivity index (χ1n) is 21.7. The first-order chi connectivity index (χ1) is 33.4. The minimum atomic E-state index is -0.0354. The molecule has 10 heteroatoms. The molecule has 1 heterocycles. The average molecular weight is 889 g/mol. The quantitative estimate of drug-likeness (QED) is 0.0999. The summed E-state index contributed by atoms with van der Waals surface area (Å²) in [5, 5.41) is 0. The molecule has 0 atom stereocenters. The monoisotopic (exact) mass is 888 g/mol. The SMILES string of the molecule is [C-]#[N+]c1nc(-c2ccc(-c3ccc(N(c4ccc(OC)cc4)c4ccc(OC)cc4)cc3)cc2)c(-c2ccc(-c3ccc(N(c4ccc(OC)cc4)c4ccc(OC)cc4)cc3)cc2)nc1[N+]#[C-]. The molecule has 9 rings (SSSR count). The Morgan fingerprint density at radius 2 is 0.485 bits per heavy atom. The highest BCUT2D eigenvalue weighted by molar-refractivity contribution is 5.85. The van der Waals surface area contributed by atoms with E-state index in [4.69, 9.17) is 42.1 Å². The third-order valence-electron chi connectivity index (χ3n) is 11.6. The Kier molecular flexibility index (Phi) is 12.8. The van der Waals surface area contributed by atoms with Gasteiger partial charge < -0.3 is 38.4 Å². The molecule has 0 aliphatic rings. The van der Waals surface area contributed by atoms with Gasteiger partial charge in [-0.05, 0) is 168 Å². The predicted molar refractivity (Wildman–Crippen MR) is 272 cm³/mol. The van der Waals surface area contributed by atoms with Crippen molar-refractivity contribution in [3.8, 4) is 67.8 Å². The van der Waals surface area contributed by atoms with E-state index in [2.05, 4.69) is 68.0 Å². The molecular weight excluding hydrogens is 845 g/mol. The minimum Gasteiger partial charge on any atom is -0.497 e. The summed E-state index contributed by atoms with van der Waals surface area (Å²) in [6, 6.07) is 64.8. The second-order valence-electron chi connectivity index (χ2n) is 15.5. The highest BCUT2D eigenvalue weighted by atomic mass is 16.5. The van der Waals surface area contributed by atoms with Crippen LogP contribution in [-0.4, -0.2) is 38.4 Å². The lowest BCUT2D eigenvalue weighted by Crippen LogP contribution is -2.09. The lowest BCUT2D eigenvalue weighted by Gasteiger charge is -2.26. The van der Waals surface area contributed by atoms with Gasteiger partial charge in [-0.25, -0.2) is 0 Å². The van der Waals surface area contributed by atoms with Gasteiger partial charge in [0.15, 0.2) is 0 Å². The van der Waals surface area contributed by atoms with Crippen LogP contribution in [0.15, 0.2) is 194 Å². The summed E-state index contributed by atoms with van der Waals surface area (Å²) in [5.74, 6) is 3.06. The zero-order chi connectivity index (χ0) is 47.0. The summed E-state index contributed by atoms with van der Waals surface area (Å²) in [5.41, 5.74) is 12.6. The van der Waals surface area contributed by atoms with Crippen molar-refractivity contribution in [1.29, 1.82) is 0 Å². The standard InChI is InChI=1S/C58H44N6O4/c1-59-57-58(60-2)62-56(44-13-9-40(10-14-44)42-17-21-46(22-18-42)64(49-27-35-53(67-5)36-28-49)50-29-37-54(68-6)38-30-50)55(61-57)43-11-7-39(8-12-43)41-15-19-45(20-16-41)63(47-23-31-51(65-3)32-24-47)48-25-33-52(66-4)34-26-48/h7-38H,3-6H3. The largest absolute Gasteiger partial charge is 0.497 e. The van der Waals surface area contributed by atoms with Crippen molar-refractivity contribution >= 4 is 45.8 Å². The summed E-state index contributed by atoms with van der Waals surface area (Å²) in [6.45, 7) is 15.6. The Hall–Kier alpha value is -9.38. The van der Waals surface area contributed by atoms with Gasteiger partial charge in [0.25, 0.3) is 11.6 Å². The van der Waals surface area contributed by atoms with Crippen LogP contribution in [-0.2, 0) is 0 Å². The highest BCUT2D eigenvalue weighted by Gasteiger charge is 2.23. The van der Waals surface area contributed by atoms with E-state index in [1.807, 2.05) is 146 Å². The molecule has 0 saturated heterocycles. The Bertz CT molecular complexity index is 2920. The van der Waals surface area contributed by atoms with Crippen LogP contribution in [0, 0.1) is 13.1 Å². The van der Waals surface area contributed by atoms with E-state index in [0.717, 1.165) is 90.5 Å². The average Bonchev–Trinajstić information content (AvgIpc) is 3.42. The maximum absolute atomic E-state index is 7.81. The highest BCUT2D eigenvalue weighted by Crippen LogP contribution is 2.41. The fraction of sp³-hybridized carbons (Fsp3) is 0.0690. The number of hydrogen-bond donors (Lipinski definition) is 0. The van der Waals surface area contributed by atoms with Crippen LogP contribution in [0.2, 0.25) is 0 Å². The topological polar surface area (TPSA) is 77.9 Å². The van der Waals surface area contributed by atoms with Crippen LogP contribution in [0.5, 0.6) is 23.0 Å². The summed E-state index contributed by atoms with van der Waals surface area (Å²) >= 11 is 0. The lowest BCUT2D eigenvalue weighted by molar-refractivity contribution is 0.414. The first-order valence-corrected chi connectivity index (χ1v) is 21.7. The maximum Gasteiger partial charge on any atom is 0.294 e. The molecule has 0 N–H and O–H groups in total. The number of hydrogen-bond acceptors (Lipinski definition) is 8. The van der Waals surface area contributed by atoms with E-state index in [-0.39, 0.29) is 11.6 Å². The van der Waals surface area contributed by atoms with Crippen LogP contribution in [0.1, 0.15) is 0 Å². The van der Waals surface area contributed by atoms with Crippen molar-refractivity contribution in [2.45, 2.75) is 0 Å². The van der Waals surface area contributed by atoms with E-state index >= 15 is 0 Å². The third kappa shape index (κ3) is 9.12. The van der Waals surface area contributed by atoms with Gasteiger partial charge in [0.1, 0.15) is 23.0 Å². The summed E-state index contributed by atoms with van der Waals surface area (Å²) in [7, 11) is 6.64. The Labute approximate surface area is 396 Å². The molecule has 0 aliphatic heterocycles. The molecule has 10 nitrogen and oxygen atoms in total. The van der Waals surface area contributed by atoms with E-state index in [9.17, 15) is 0 Å². The van der Waals surface area contributed by atoms with Crippen molar-refractivity contribution < 1.29 is 18.9 Å². The summed E-state index contributed by atoms with van der Waals surface area (Å²) in [4.78, 5) is 21.0. The molecule has 0 radical (unpaired) electrons. The molecule has 9 aromatic rings. The van der Waals surface area contributed by atoms with Crippen LogP contribution >= 0.6 is 0 Å². The van der Waals surface area contributed by atoms with Gasteiger partial charge in [0.05, 0.1) is 28.4 Å². The Balaban J connectivity index is 0.987. The number of rotatable bonds is 14. The van der Waals surface area contributed by atoms with Crippen molar-refractivity contribution in [1.82, 2.24) is 9.97 Å². The van der Waals surface area contributed by atoms with Gasteiger partial charge in [0.2, 0.25) is 11.4 Å². The second kappa shape index (κ2) is 19.8. The molecule has 68 heavy (non-hydrogen) atoms. The molecule has 0 saturated carbocycles. The molecule has 0 fully saturated rings. The lowest BCUT2D eigenvalue weighted by atomic mass is 9.98. The number of benzene rings is 8. The van der Waals surface area contributed by atoms with Crippen LogP contribution < -0.4 is 28.7 Å². The normalized spacial score (nSPS) is 10.6. The van der Waals surface area contributed by atoms with Gasteiger partial charge in [-0.1, -0.05) is 61.7 Å². The molecule has 1 aromatic heterocycles. The molecule has 8 aromatic carbocycles. The van der Waals surface area contributed by atoms with E-state index in [1.165, 1.54) is 0 Å². The van der Waals surface area contributed by atoms with Crippen LogP contribution in [0.4, 0.5) is 45.8 Å². The van der Waals surface area contributed by atoms with E-state index in [1.54, 1.807) is 28.4 Å². The van der Waals surface area contributed by atoms with E-state index in [0.29, 0.717) is 11.4 Å². The van der Waals surface area contributed by atoms with Crippen molar-refractivity contribution in [3.63, 3.8) is 0 Å². The van der Waals surface area contributed by atoms with Gasteiger partial charge in [-0.2, -0.15) is 0 Å². The number of nitrogens with zero attached hydrogens (tertiary/aromatic N) is 6. The van der Waals surface area contributed by atoms with Crippen molar-refractivity contribution in [2.24, 2.45) is 0 Å². The maximum atomic E-state index is 7.81. The number of methoxy groups -OCH3 is 4. The first kappa shape index (κ1) is 43.9. The van der Waals surface area contributed by atoms with Crippen molar-refractivity contribution in [2.75, 3.05) is 38.2 Å². The Morgan fingerprint density at radius 1 is 0.294 bits per heavy atom.